The largest absolute Gasteiger partial charge is 0.381 e. The van der Waals surface area contributed by atoms with Crippen molar-refractivity contribution in [3.05, 3.63) is 29.3 Å². The van der Waals surface area contributed by atoms with E-state index in [-0.39, 0.29) is 6.03 Å². The average molecular weight is 354 g/mol. The Labute approximate surface area is 149 Å². The molecule has 1 aliphatic rings. The molecule has 24 heavy (non-hydrogen) atoms. The third kappa shape index (κ3) is 6.21. The lowest BCUT2D eigenvalue weighted by atomic mass is 10.2. The number of piperazine rings is 1. The third-order valence-corrected chi connectivity index (χ3v) is 4.36. The molecule has 1 heterocycles. The van der Waals surface area contributed by atoms with Crippen molar-refractivity contribution in [1.29, 1.82) is 0 Å². The molecule has 0 aromatic heterocycles. The van der Waals surface area contributed by atoms with Gasteiger partial charge >= 0.3 is 6.03 Å². The molecular weight excluding hydrogens is 326 g/mol. The smallest absolute Gasteiger partial charge is 0.317 e. The molecule has 1 aromatic rings. The van der Waals surface area contributed by atoms with Gasteiger partial charge in [0.25, 0.3) is 0 Å². The summed E-state index contributed by atoms with van der Waals surface area (Å²) >= 11 is 6.04. The van der Waals surface area contributed by atoms with E-state index in [2.05, 4.69) is 23.2 Å². The van der Waals surface area contributed by atoms with Crippen molar-refractivity contribution in [2.24, 2.45) is 0 Å². The van der Waals surface area contributed by atoms with Gasteiger partial charge in [0.2, 0.25) is 0 Å². The number of urea groups is 1. The van der Waals surface area contributed by atoms with Crippen molar-refractivity contribution in [3.63, 3.8) is 0 Å². The molecule has 0 unspecified atom stereocenters. The van der Waals surface area contributed by atoms with Crippen molar-refractivity contribution in [2.45, 2.75) is 26.2 Å². The van der Waals surface area contributed by atoms with Gasteiger partial charge in [-0.05, 0) is 31.0 Å². The fourth-order valence-corrected chi connectivity index (χ4v) is 2.85. The Balaban J connectivity index is 1.62. The Hall–Kier alpha value is -1.46. The summed E-state index contributed by atoms with van der Waals surface area (Å²) in [5.74, 6) is 0. The van der Waals surface area contributed by atoms with Crippen LogP contribution in [0.15, 0.2) is 24.3 Å². The minimum Gasteiger partial charge on any atom is -0.381 e. The van der Waals surface area contributed by atoms with E-state index < -0.39 is 0 Å². The van der Waals surface area contributed by atoms with Crippen LogP contribution in [0.2, 0.25) is 5.02 Å². The average Bonchev–Trinajstić information content (AvgIpc) is 2.61. The maximum absolute atomic E-state index is 12.2. The molecular formula is C18H28ClN3O2. The lowest BCUT2D eigenvalue weighted by Crippen LogP contribution is -2.52. The molecule has 0 aliphatic carbocycles. The zero-order valence-corrected chi connectivity index (χ0v) is 15.2. The van der Waals surface area contributed by atoms with Gasteiger partial charge in [-0.25, -0.2) is 4.79 Å². The van der Waals surface area contributed by atoms with Crippen LogP contribution in [0.1, 0.15) is 26.2 Å². The highest BCUT2D eigenvalue weighted by atomic mass is 35.5. The molecule has 1 aliphatic heterocycles. The number of amides is 2. The van der Waals surface area contributed by atoms with E-state index in [9.17, 15) is 4.79 Å². The zero-order valence-electron chi connectivity index (χ0n) is 14.5. The molecule has 0 radical (unpaired) electrons. The van der Waals surface area contributed by atoms with Gasteiger partial charge in [-0.2, -0.15) is 0 Å². The number of hydrogen-bond acceptors (Lipinski definition) is 3. The van der Waals surface area contributed by atoms with Crippen molar-refractivity contribution >= 4 is 23.3 Å². The Morgan fingerprint density at radius 1 is 1.21 bits per heavy atom. The molecule has 134 valence electrons. The topological polar surface area (TPSA) is 44.8 Å². The lowest BCUT2D eigenvalue weighted by Gasteiger charge is -2.36. The molecule has 0 spiro atoms. The first-order valence-corrected chi connectivity index (χ1v) is 9.19. The Morgan fingerprint density at radius 2 is 1.96 bits per heavy atom. The second-order valence-electron chi connectivity index (χ2n) is 6.01. The van der Waals surface area contributed by atoms with Crippen LogP contribution in [-0.4, -0.2) is 56.9 Å². The minimum absolute atomic E-state index is 0.0225. The van der Waals surface area contributed by atoms with E-state index >= 15 is 0 Å². The molecule has 6 heteroatoms. The number of nitrogens with zero attached hydrogens (tertiary/aromatic N) is 2. The summed E-state index contributed by atoms with van der Waals surface area (Å²) in [6.07, 6.45) is 3.11. The number of carbonyl (C=O) groups excluding carboxylic acids is 1. The highest BCUT2D eigenvalue weighted by molar-refractivity contribution is 6.30. The third-order valence-electron chi connectivity index (χ3n) is 4.12. The van der Waals surface area contributed by atoms with E-state index in [1.807, 2.05) is 23.1 Å². The van der Waals surface area contributed by atoms with Gasteiger partial charge in [0.1, 0.15) is 0 Å². The highest BCUT2D eigenvalue weighted by Crippen LogP contribution is 2.20. The van der Waals surface area contributed by atoms with E-state index in [1.54, 1.807) is 0 Å². The SMILES string of the molecule is CCCCOCCCNC(=O)N1CCN(c2cccc(Cl)c2)CC1. The van der Waals surface area contributed by atoms with Crippen LogP contribution in [0.5, 0.6) is 0 Å². The van der Waals surface area contributed by atoms with Gasteiger partial charge in [-0.1, -0.05) is 31.0 Å². The van der Waals surface area contributed by atoms with E-state index in [0.29, 0.717) is 13.2 Å². The molecule has 0 bridgehead atoms. The highest BCUT2D eigenvalue weighted by Gasteiger charge is 2.20. The van der Waals surface area contributed by atoms with E-state index in [0.717, 1.165) is 62.8 Å². The lowest BCUT2D eigenvalue weighted by molar-refractivity contribution is 0.128. The molecule has 5 nitrogen and oxygen atoms in total. The molecule has 1 fully saturated rings. The number of rotatable bonds is 8. The maximum atomic E-state index is 12.2. The summed E-state index contributed by atoms with van der Waals surface area (Å²) in [6.45, 7) is 7.45. The monoisotopic (exact) mass is 353 g/mol. The molecule has 1 aromatic carbocycles. The van der Waals surface area contributed by atoms with Crippen LogP contribution in [-0.2, 0) is 4.74 Å². The molecule has 2 amide bonds. The quantitative estimate of drug-likeness (QED) is 0.729. The number of ether oxygens (including phenoxy) is 1. The van der Waals surface area contributed by atoms with Crippen LogP contribution in [0.25, 0.3) is 0 Å². The summed E-state index contributed by atoms with van der Waals surface area (Å²) in [5, 5.41) is 3.72. The predicted molar refractivity (Wildman–Crippen MR) is 99.0 cm³/mol. The fraction of sp³-hybridized carbons (Fsp3) is 0.611. The Bertz CT molecular complexity index is 505. The van der Waals surface area contributed by atoms with Crippen molar-refractivity contribution in [3.8, 4) is 0 Å². The predicted octanol–water partition coefficient (Wildman–Crippen LogP) is 3.38. The van der Waals surface area contributed by atoms with Crippen LogP contribution in [0, 0.1) is 0 Å². The van der Waals surface area contributed by atoms with Crippen LogP contribution in [0.3, 0.4) is 0 Å². The van der Waals surface area contributed by atoms with Crippen LogP contribution < -0.4 is 10.2 Å². The first kappa shape index (κ1) is 18.9. The normalized spacial score (nSPS) is 14.8. The molecule has 1 saturated heterocycles. The van der Waals surface area contributed by atoms with Gasteiger partial charge in [0, 0.05) is 56.6 Å². The number of carbonyl (C=O) groups is 1. The van der Waals surface area contributed by atoms with Gasteiger partial charge < -0.3 is 19.9 Å². The van der Waals surface area contributed by atoms with Gasteiger partial charge in [0.05, 0.1) is 0 Å². The first-order chi connectivity index (χ1) is 11.7. The minimum atomic E-state index is 0.0225. The number of nitrogens with one attached hydrogen (secondary N) is 1. The Kier molecular flexibility index (Phi) is 8.19. The second kappa shape index (κ2) is 10.4. The van der Waals surface area contributed by atoms with E-state index in [1.165, 1.54) is 0 Å². The zero-order chi connectivity index (χ0) is 17.2. The number of anilines is 1. The van der Waals surface area contributed by atoms with Gasteiger partial charge in [0.15, 0.2) is 0 Å². The number of benzene rings is 1. The standard InChI is InChI=1S/C18H28ClN3O2/c1-2-3-13-24-14-5-8-20-18(23)22-11-9-21(10-12-22)17-7-4-6-16(19)15-17/h4,6-7,15H,2-3,5,8-14H2,1H3,(H,20,23). The van der Waals surface area contributed by atoms with Gasteiger partial charge in [-0.15, -0.1) is 0 Å². The summed E-state index contributed by atoms with van der Waals surface area (Å²) in [6, 6.07) is 7.88. The summed E-state index contributed by atoms with van der Waals surface area (Å²) < 4.78 is 5.49. The Morgan fingerprint density at radius 3 is 2.67 bits per heavy atom. The fourth-order valence-electron chi connectivity index (χ4n) is 2.67. The van der Waals surface area contributed by atoms with Crippen LogP contribution >= 0.6 is 11.6 Å². The molecule has 2 rings (SSSR count). The number of hydrogen-bond donors (Lipinski definition) is 1. The van der Waals surface area contributed by atoms with Crippen molar-refractivity contribution < 1.29 is 9.53 Å². The summed E-state index contributed by atoms with van der Waals surface area (Å²) in [5.41, 5.74) is 1.12. The van der Waals surface area contributed by atoms with Gasteiger partial charge in [-0.3, -0.25) is 0 Å². The number of unbranched alkanes of at least 4 members (excludes halogenated alkanes) is 1. The van der Waals surface area contributed by atoms with Crippen LogP contribution in [0.4, 0.5) is 10.5 Å². The van der Waals surface area contributed by atoms with Crippen molar-refractivity contribution in [2.75, 3.05) is 50.8 Å². The summed E-state index contributed by atoms with van der Waals surface area (Å²) in [7, 11) is 0. The molecule has 0 atom stereocenters. The molecule has 1 N–H and O–H groups in total. The molecule has 0 saturated carbocycles. The first-order valence-electron chi connectivity index (χ1n) is 8.81. The second-order valence-corrected chi connectivity index (χ2v) is 6.44. The van der Waals surface area contributed by atoms with Crippen molar-refractivity contribution in [1.82, 2.24) is 10.2 Å². The summed E-state index contributed by atoms with van der Waals surface area (Å²) in [4.78, 5) is 16.3. The van der Waals surface area contributed by atoms with E-state index in [4.69, 9.17) is 16.3 Å². The maximum Gasteiger partial charge on any atom is 0.317 e. The number of halogens is 1.